The summed E-state index contributed by atoms with van der Waals surface area (Å²) in [5.41, 5.74) is 1.05. The van der Waals surface area contributed by atoms with Crippen LogP contribution in [0.5, 0.6) is 5.75 Å². The number of aromatic carboxylic acids is 1. The van der Waals surface area contributed by atoms with Crippen LogP contribution in [0.25, 0.3) is 0 Å². The molecule has 2 rings (SSSR count). The average molecular weight is 327 g/mol. The summed E-state index contributed by atoms with van der Waals surface area (Å²) >= 11 is 0.883. The van der Waals surface area contributed by atoms with Gasteiger partial charge in [0.05, 0.1) is 0 Å². The van der Waals surface area contributed by atoms with Crippen LogP contribution in [0, 0.1) is 6.92 Å². The van der Waals surface area contributed by atoms with Gasteiger partial charge in [0, 0.05) is 6.54 Å². The van der Waals surface area contributed by atoms with Crippen molar-refractivity contribution in [3.63, 3.8) is 0 Å². The van der Waals surface area contributed by atoms with Gasteiger partial charge in [-0.3, -0.25) is 0 Å². The van der Waals surface area contributed by atoms with Gasteiger partial charge in [0.2, 0.25) is 10.0 Å². The maximum absolute atomic E-state index is 12.3. The van der Waals surface area contributed by atoms with Crippen molar-refractivity contribution < 1.29 is 23.4 Å². The van der Waals surface area contributed by atoms with Crippen molar-refractivity contribution in [1.29, 1.82) is 0 Å². The van der Waals surface area contributed by atoms with Crippen LogP contribution >= 0.6 is 11.3 Å². The normalized spacial score (nSPS) is 11.5. The monoisotopic (exact) mass is 327 g/mol. The number of phenols is 1. The van der Waals surface area contributed by atoms with Crippen LogP contribution in [0.4, 0.5) is 0 Å². The highest BCUT2D eigenvalue weighted by Gasteiger charge is 2.26. The van der Waals surface area contributed by atoms with Gasteiger partial charge in [-0.25, -0.2) is 17.9 Å². The molecular weight excluding hydrogens is 314 g/mol. The van der Waals surface area contributed by atoms with Crippen LogP contribution in [-0.2, 0) is 16.6 Å². The molecule has 0 unspecified atom stereocenters. The molecule has 0 amide bonds. The van der Waals surface area contributed by atoms with Gasteiger partial charge in [0.1, 0.15) is 15.5 Å². The average Bonchev–Trinajstić information content (AvgIpc) is 2.81. The molecule has 0 bridgehead atoms. The van der Waals surface area contributed by atoms with E-state index >= 15 is 0 Å². The molecular formula is C13H13NO5S2. The van der Waals surface area contributed by atoms with Gasteiger partial charge in [0.15, 0.2) is 0 Å². The maximum atomic E-state index is 12.3. The minimum atomic E-state index is -3.91. The van der Waals surface area contributed by atoms with Gasteiger partial charge in [-0.2, -0.15) is 0 Å². The van der Waals surface area contributed by atoms with Gasteiger partial charge in [-0.1, -0.05) is 12.1 Å². The van der Waals surface area contributed by atoms with Crippen molar-refractivity contribution in [3.05, 3.63) is 45.6 Å². The molecule has 0 atom stereocenters. The molecule has 3 N–H and O–H groups in total. The molecule has 112 valence electrons. The second kappa shape index (κ2) is 5.84. The first kappa shape index (κ1) is 15.5. The smallest absolute Gasteiger partial charge is 0.347 e. The highest BCUT2D eigenvalue weighted by Crippen LogP contribution is 2.26. The zero-order valence-electron chi connectivity index (χ0n) is 11.0. The fourth-order valence-corrected chi connectivity index (χ4v) is 4.42. The SMILES string of the molecule is Cc1csc(C(=O)O)c1S(=O)(=O)NCc1ccc(O)cc1. The molecule has 0 spiro atoms. The van der Waals surface area contributed by atoms with E-state index in [2.05, 4.69) is 4.72 Å². The Morgan fingerprint density at radius 1 is 1.29 bits per heavy atom. The molecule has 0 aliphatic rings. The summed E-state index contributed by atoms with van der Waals surface area (Å²) in [6.07, 6.45) is 0. The molecule has 0 fully saturated rings. The molecule has 0 aliphatic heterocycles. The maximum Gasteiger partial charge on any atom is 0.347 e. The van der Waals surface area contributed by atoms with Crippen LogP contribution in [0.1, 0.15) is 20.8 Å². The van der Waals surface area contributed by atoms with Crippen molar-refractivity contribution in [3.8, 4) is 5.75 Å². The fourth-order valence-electron chi connectivity index (χ4n) is 1.78. The Labute approximate surface area is 125 Å². The highest BCUT2D eigenvalue weighted by atomic mass is 32.2. The number of benzene rings is 1. The molecule has 6 nitrogen and oxygen atoms in total. The number of thiophene rings is 1. The summed E-state index contributed by atoms with van der Waals surface area (Å²) in [7, 11) is -3.91. The van der Waals surface area contributed by atoms with Crippen LogP contribution < -0.4 is 4.72 Å². The van der Waals surface area contributed by atoms with E-state index in [0.29, 0.717) is 11.1 Å². The first-order chi connectivity index (χ1) is 9.81. The van der Waals surface area contributed by atoms with Gasteiger partial charge in [-0.05, 0) is 35.6 Å². The van der Waals surface area contributed by atoms with E-state index in [1.54, 1.807) is 19.1 Å². The van der Waals surface area contributed by atoms with Crippen molar-refractivity contribution >= 4 is 27.3 Å². The fraction of sp³-hybridized carbons (Fsp3) is 0.154. The summed E-state index contributed by atoms with van der Waals surface area (Å²) in [6.45, 7) is 1.56. The molecule has 2 aromatic rings. The van der Waals surface area contributed by atoms with Gasteiger partial charge in [0.25, 0.3) is 0 Å². The zero-order valence-corrected chi connectivity index (χ0v) is 12.7. The zero-order chi connectivity index (χ0) is 15.6. The van der Waals surface area contributed by atoms with Crippen molar-refractivity contribution in [1.82, 2.24) is 4.72 Å². The molecule has 8 heteroatoms. The Bertz CT molecular complexity index is 762. The van der Waals surface area contributed by atoms with E-state index in [0.717, 1.165) is 11.3 Å². The number of hydrogen-bond donors (Lipinski definition) is 3. The summed E-state index contributed by atoms with van der Waals surface area (Å²) in [5, 5.41) is 19.7. The number of nitrogens with one attached hydrogen (secondary N) is 1. The number of carboxylic acid groups (broad SMARTS) is 1. The molecule has 1 aromatic carbocycles. The highest BCUT2D eigenvalue weighted by molar-refractivity contribution is 7.89. The minimum absolute atomic E-state index is 0.0109. The Morgan fingerprint density at radius 2 is 1.90 bits per heavy atom. The molecule has 0 saturated heterocycles. The number of phenolic OH excluding ortho intramolecular Hbond substituents is 1. The Balaban J connectivity index is 2.25. The number of sulfonamides is 1. The number of aromatic hydroxyl groups is 1. The molecule has 1 heterocycles. The molecule has 0 saturated carbocycles. The number of hydrogen-bond acceptors (Lipinski definition) is 5. The van der Waals surface area contributed by atoms with Crippen LogP contribution in [0.2, 0.25) is 0 Å². The summed E-state index contributed by atoms with van der Waals surface area (Å²) in [6, 6.07) is 6.05. The summed E-state index contributed by atoms with van der Waals surface area (Å²) < 4.78 is 26.9. The van der Waals surface area contributed by atoms with Gasteiger partial charge in [-0.15, -0.1) is 11.3 Å². The van der Waals surface area contributed by atoms with Crippen LogP contribution in [0.3, 0.4) is 0 Å². The van der Waals surface area contributed by atoms with E-state index in [1.807, 2.05) is 0 Å². The Kier molecular flexibility index (Phi) is 4.31. The lowest BCUT2D eigenvalue weighted by Gasteiger charge is -2.08. The predicted molar refractivity (Wildman–Crippen MR) is 78.1 cm³/mol. The lowest BCUT2D eigenvalue weighted by atomic mass is 10.2. The third kappa shape index (κ3) is 3.41. The van der Waals surface area contributed by atoms with Crippen molar-refractivity contribution in [2.75, 3.05) is 0 Å². The quantitative estimate of drug-likeness (QED) is 0.778. The van der Waals surface area contributed by atoms with Gasteiger partial charge < -0.3 is 10.2 Å². The predicted octanol–water partition coefficient (Wildman–Crippen LogP) is 1.94. The van der Waals surface area contributed by atoms with Crippen LogP contribution in [0.15, 0.2) is 34.5 Å². The van der Waals surface area contributed by atoms with E-state index < -0.39 is 16.0 Å². The minimum Gasteiger partial charge on any atom is -0.508 e. The first-order valence-corrected chi connectivity index (χ1v) is 8.26. The third-order valence-electron chi connectivity index (χ3n) is 2.78. The molecule has 21 heavy (non-hydrogen) atoms. The summed E-state index contributed by atoms with van der Waals surface area (Å²) in [4.78, 5) is 10.7. The largest absolute Gasteiger partial charge is 0.508 e. The molecule has 0 aliphatic carbocycles. The number of aryl methyl sites for hydroxylation is 1. The first-order valence-electron chi connectivity index (χ1n) is 5.90. The lowest BCUT2D eigenvalue weighted by molar-refractivity contribution is 0.0698. The second-order valence-electron chi connectivity index (χ2n) is 4.37. The number of carbonyl (C=O) groups is 1. The van der Waals surface area contributed by atoms with E-state index in [-0.39, 0.29) is 22.1 Å². The Hall–Kier alpha value is -1.90. The van der Waals surface area contributed by atoms with Crippen LogP contribution in [-0.4, -0.2) is 24.6 Å². The van der Waals surface area contributed by atoms with E-state index in [9.17, 15) is 13.2 Å². The number of rotatable bonds is 5. The third-order valence-corrected chi connectivity index (χ3v) is 5.59. The Morgan fingerprint density at radius 3 is 2.48 bits per heavy atom. The molecule has 0 radical (unpaired) electrons. The van der Waals surface area contributed by atoms with Crippen molar-refractivity contribution in [2.45, 2.75) is 18.4 Å². The van der Waals surface area contributed by atoms with E-state index in [4.69, 9.17) is 10.2 Å². The second-order valence-corrected chi connectivity index (χ2v) is 6.96. The lowest BCUT2D eigenvalue weighted by Crippen LogP contribution is -2.25. The molecule has 1 aromatic heterocycles. The topological polar surface area (TPSA) is 104 Å². The number of carboxylic acids is 1. The van der Waals surface area contributed by atoms with Crippen molar-refractivity contribution in [2.24, 2.45) is 0 Å². The standard InChI is InChI=1S/C13H13NO5S2/c1-8-7-20-11(13(16)17)12(8)21(18,19)14-6-9-2-4-10(15)5-3-9/h2-5,7,14-15H,6H2,1H3,(H,16,17). The summed E-state index contributed by atoms with van der Waals surface area (Å²) in [5.74, 6) is -1.18. The van der Waals surface area contributed by atoms with Gasteiger partial charge >= 0.3 is 5.97 Å². The van der Waals surface area contributed by atoms with E-state index in [1.165, 1.54) is 17.5 Å².